The highest BCUT2D eigenvalue weighted by Gasteiger charge is 2.20. The Balaban J connectivity index is 1.46. The van der Waals surface area contributed by atoms with Gasteiger partial charge in [0.1, 0.15) is 0 Å². The second-order valence-electron chi connectivity index (χ2n) is 6.83. The number of nitrogens with zero attached hydrogens (tertiary/aromatic N) is 1. The van der Waals surface area contributed by atoms with Gasteiger partial charge in [0.05, 0.1) is 12.2 Å². The van der Waals surface area contributed by atoms with Gasteiger partial charge in [0.2, 0.25) is 0 Å². The van der Waals surface area contributed by atoms with Gasteiger partial charge in [-0.3, -0.25) is 0 Å². The number of esters is 1. The summed E-state index contributed by atoms with van der Waals surface area (Å²) in [7, 11) is 0. The zero-order valence-electron chi connectivity index (χ0n) is 14.6. The van der Waals surface area contributed by atoms with Gasteiger partial charge in [-0.1, -0.05) is 31.5 Å². The predicted molar refractivity (Wildman–Crippen MR) is 97.3 cm³/mol. The normalized spacial score (nSPS) is 18.8. The second-order valence-corrected chi connectivity index (χ2v) is 6.83. The molecule has 1 fully saturated rings. The maximum atomic E-state index is 12.3. The predicted octanol–water partition coefficient (Wildman–Crippen LogP) is 4.23. The standard InChI is InChI=1S/C20H28N2O2/c1-2-3-11-22-12-6-7-16(15-22)10-13-24-20(23)18-14-21-19-9-5-4-8-17(18)19/h4-5,8-9,14,16,21H,2-3,6-7,10-13,15H2,1H3. The zero-order valence-corrected chi connectivity index (χ0v) is 14.6. The van der Waals surface area contributed by atoms with Crippen LogP contribution in [0, 0.1) is 5.92 Å². The van der Waals surface area contributed by atoms with E-state index in [4.69, 9.17) is 4.74 Å². The van der Waals surface area contributed by atoms with Crippen LogP contribution in [0.2, 0.25) is 0 Å². The van der Waals surface area contributed by atoms with E-state index in [1.54, 1.807) is 6.20 Å². The van der Waals surface area contributed by atoms with Crippen molar-refractivity contribution in [2.75, 3.05) is 26.2 Å². The van der Waals surface area contributed by atoms with Crippen LogP contribution in [0.1, 0.15) is 49.4 Å². The van der Waals surface area contributed by atoms with E-state index in [0.29, 0.717) is 18.1 Å². The number of ether oxygens (including phenoxy) is 1. The molecule has 4 heteroatoms. The number of aromatic nitrogens is 1. The number of carbonyl (C=O) groups excluding carboxylic acids is 1. The number of benzene rings is 1. The fourth-order valence-corrected chi connectivity index (χ4v) is 3.61. The zero-order chi connectivity index (χ0) is 16.8. The van der Waals surface area contributed by atoms with Crippen LogP contribution in [0.3, 0.4) is 0 Å². The molecule has 1 aliphatic heterocycles. The van der Waals surface area contributed by atoms with Crippen molar-refractivity contribution >= 4 is 16.9 Å². The lowest BCUT2D eigenvalue weighted by atomic mass is 9.95. The van der Waals surface area contributed by atoms with Gasteiger partial charge in [-0.2, -0.15) is 0 Å². The molecule has 1 aliphatic rings. The Morgan fingerprint density at radius 2 is 2.25 bits per heavy atom. The third kappa shape index (κ3) is 4.18. The second kappa shape index (κ2) is 8.34. The molecule has 0 radical (unpaired) electrons. The third-order valence-electron chi connectivity index (χ3n) is 5.00. The van der Waals surface area contributed by atoms with Crippen molar-refractivity contribution in [3.8, 4) is 0 Å². The number of para-hydroxylation sites is 1. The monoisotopic (exact) mass is 328 g/mol. The molecule has 4 nitrogen and oxygen atoms in total. The van der Waals surface area contributed by atoms with Crippen LogP contribution >= 0.6 is 0 Å². The third-order valence-corrected chi connectivity index (χ3v) is 5.00. The molecule has 2 heterocycles. The minimum atomic E-state index is -0.217. The number of hydrogen-bond acceptors (Lipinski definition) is 3. The molecule has 0 spiro atoms. The van der Waals surface area contributed by atoms with Gasteiger partial charge in [-0.15, -0.1) is 0 Å². The number of piperidine rings is 1. The number of likely N-dealkylation sites (tertiary alicyclic amines) is 1. The Labute approximate surface area is 144 Å². The van der Waals surface area contributed by atoms with E-state index in [2.05, 4.69) is 16.8 Å². The largest absolute Gasteiger partial charge is 0.462 e. The van der Waals surface area contributed by atoms with Crippen LogP contribution in [-0.2, 0) is 4.74 Å². The minimum Gasteiger partial charge on any atom is -0.462 e. The maximum absolute atomic E-state index is 12.3. The summed E-state index contributed by atoms with van der Waals surface area (Å²) in [4.78, 5) is 18.0. The van der Waals surface area contributed by atoms with Crippen molar-refractivity contribution in [1.82, 2.24) is 9.88 Å². The lowest BCUT2D eigenvalue weighted by Gasteiger charge is -2.32. The minimum absolute atomic E-state index is 0.217. The molecule has 1 aromatic heterocycles. The van der Waals surface area contributed by atoms with E-state index < -0.39 is 0 Å². The lowest BCUT2D eigenvalue weighted by molar-refractivity contribution is 0.0460. The Morgan fingerprint density at radius 1 is 1.38 bits per heavy atom. The maximum Gasteiger partial charge on any atom is 0.340 e. The Kier molecular flexibility index (Phi) is 5.91. The molecule has 24 heavy (non-hydrogen) atoms. The molecular weight excluding hydrogens is 300 g/mol. The van der Waals surface area contributed by atoms with Gasteiger partial charge in [0.25, 0.3) is 0 Å². The van der Waals surface area contributed by atoms with E-state index in [1.807, 2.05) is 24.3 Å². The number of aromatic amines is 1. The highest BCUT2D eigenvalue weighted by molar-refractivity contribution is 6.03. The topological polar surface area (TPSA) is 45.3 Å². The average Bonchev–Trinajstić information content (AvgIpc) is 3.04. The summed E-state index contributed by atoms with van der Waals surface area (Å²) in [6, 6.07) is 7.83. The molecule has 130 valence electrons. The summed E-state index contributed by atoms with van der Waals surface area (Å²) in [6.45, 7) is 6.36. The summed E-state index contributed by atoms with van der Waals surface area (Å²) in [5.41, 5.74) is 1.61. The highest BCUT2D eigenvalue weighted by atomic mass is 16.5. The summed E-state index contributed by atoms with van der Waals surface area (Å²) >= 11 is 0. The summed E-state index contributed by atoms with van der Waals surface area (Å²) in [5, 5.41) is 0.936. The van der Waals surface area contributed by atoms with Crippen molar-refractivity contribution in [2.45, 2.75) is 39.0 Å². The van der Waals surface area contributed by atoms with Crippen LogP contribution in [0.25, 0.3) is 10.9 Å². The van der Waals surface area contributed by atoms with E-state index in [-0.39, 0.29) is 5.97 Å². The molecule has 0 saturated carbocycles. The number of rotatable bonds is 7. The Hall–Kier alpha value is -1.81. The summed E-state index contributed by atoms with van der Waals surface area (Å²) in [5.74, 6) is 0.442. The average molecular weight is 328 g/mol. The number of carbonyl (C=O) groups is 1. The van der Waals surface area contributed by atoms with Gasteiger partial charge in [0.15, 0.2) is 0 Å². The van der Waals surface area contributed by atoms with Crippen molar-refractivity contribution < 1.29 is 9.53 Å². The van der Waals surface area contributed by atoms with Gasteiger partial charge in [-0.25, -0.2) is 4.79 Å². The number of H-pyrrole nitrogens is 1. The number of nitrogens with one attached hydrogen (secondary N) is 1. The van der Waals surface area contributed by atoms with Crippen molar-refractivity contribution in [3.63, 3.8) is 0 Å². The molecule has 1 saturated heterocycles. The Bertz CT molecular complexity index is 664. The molecule has 1 N–H and O–H groups in total. The van der Waals surface area contributed by atoms with Gasteiger partial charge in [0, 0.05) is 23.6 Å². The van der Waals surface area contributed by atoms with Crippen LogP contribution in [0.5, 0.6) is 0 Å². The summed E-state index contributed by atoms with van der Waals surface area (Å²) in [6.07, 6.45) is 7.78. The number of unbranched alkanes of at least 4 members (excludes halogenated alkanes) is 1. The molecule has 1 unspecified atom stereocenters. The number of fused-ring (bicyclic) bond motifs is 1. The molecule has 0 bridgehead atoms. The molecule has 3 rings (SSSR count). The molecular formula is C20H28N2O2. The van der Waals surface area contributed by atoms with Gasteiger partial charge in [-0.05, 0) is 50.8 Å². The van der Waals surface area contributed by atoms with Crippen LogP contribution in [0.4, 0.5) is 0 Å². The van der Waals surface area contributed by atoms with Crippen molar-refractivity contribution in [2.24, 2.45) is 5.92 Å². The molecule has 0 aliphatic carbocycles. The molecule has 1 atom stereocenters. The van der Waals surface area contributed by atoms with Crippen molar-refractivity contribution in [1.29, 1.82) is 0 Å². The van der Waals surface area contributed by atoms with E-state index >= 15 is 0 Å². The first-order valence-electron chi connectivity index (χ1n) is 9.23. The highest BCUT2D eigenvalue weighted by Crippen LogP contribution is 2.21. The fraction of sp³-hybridized carbons (Fsp3) is 0.550. The van der Waals surface area contributed by atoms with Crippen LogP contribution in [-0.4, -0.2) is 42.1 Å². The van der Waals surface area contributed by atoms with Crippen molar-refractivity contribution in [3.05, 3.63) is 36.0 Å². The summed E-state index contributed by atoms with van der Waals surface area (Å²) < 4.78 is 5.54. The molecule has 2 aromatic rings. The first-order chi connectivity index (χ1) is 11.8. The first-order valence-corrected chi connectivity index (χ1v) is 9.23. The van der Waals surface area contributed by atoms with E-state index in [1.165, 1.54) is 38.8 Å². The SMILES string of the molecule is CCCCN1CCCC(CCOC(=O)c2c[nH]c3ccccc23)C1. The molecule has 1 aromatic carbocycles. The van der Waals surface area contributed by atoms with E-state index in [9.17, 15) is 4.79 Å². The molecule has 0 amide bonds. The van der Waals surface area contributed by atoms with Gasteiger partial charge < -0.3 is 14.6 Å². The lowest BCUT2D eigenvalue weighted by Crippen LogP contribution is -2.36. The fourth-order valence-electron chi connectivity index (χ4n) is 3.61. The number of hydrogen-bond donors (Lipinski definition) is 1. The quantitative estimate of drug-likeness (QED) is 0.774. The first kappa shape index (κ1) is 17.0. The van der Waals surface area contributed by atoms with E-state index in [0.717, 1.165) is 23.9 Å². The van der Waals surface area contributed by atoms with Crippen LogP contribution < -0.4 is 0 Å². The van der Waals surface area contributed by atoms with Crippen LogP contribution in [0.15, 0.2) is 30.5 Å². The van der Waals surface area contributed by atoms with Gasteiger partial charge >= 0.3 is 5.97 Å². The Morgan fingerprint density at radius 3 is 3.12 bits per heavy atom. The smallest absolute Gasteiger partial charge is 0.340 e.